The molecule has 0 bridgehead atoms. The summed E-state index contributed by atoms with van der Waals surface area (Å²) in [7, 11) is 0. The number of aliphatic hydroxyl groups is 1. The SMILES string of the molecule is CC1CC[N+](CCc2ccccc2)(C[C@H](O)COc2ccc(C(C)(C)CC(C)(C)C)cc2)CC1. The Kier molecular flexibility index (Phi) is 8.87. The van der Waals surface area contributed by atoms with E-state index in [0.717, 1.165) is 55.2 Å². The molecule has 0 radical (unpaired) electrons. The van der Waals surface area contributed by atoms with Gasteiger partial charge in [0.1, 0.15) is 25.0 Å². The van der Waals surface area contributed by atoms with Crippen molar-refractivity contribution < 1.29 is 14.3 Å². The van der Waals surface area contributed by atoms with Crippen LogP contribution in [0.4, 0.5) is 0 Å². The highest BCUT2D eigenvalue weighted by molar-refractivity contribution is 5.31. The third-order valence-corrected chi connectivity index (χ3v) is 7.56. The van der Waals surface area contributed by atoms with E-state index in [-0.39, 0.29) is 10.8 Å². The molecule has 3 heteroatoms. The van der Waals surface area contributed by atoms with Gasteiger partial charge in [-0.15, -0.1) is 0 Å². The summed E-state index contributed by atoms with van der Waals surface area (Å²) in [5, 5.41) is 11.0. The lowest BCUT2D eigenvalue weighted by molar-refractivity contribution is -0.936. The molecule has 2 aromatic rings. The Balaban J connectivity index is 1.56. The van der Waals surface area contributed by atoms with Crippen LogP contribution in [0.25, 0.3) is 0 Å². The highest BCUT2D eigenvalue weighted by Crippen LogP contribution is 2.36. The van der Waals surface area contributed by atoms with Gasteiger partial charge in [-0.3, -0.25) is 0 Å². The monoisotopic (exact) mass is 466 g/mol. The quantitative estimate of drug-likeness (QED) is 0.398. The number of rotatable bonds is 10. The lowest BCUT2D eigenvalue weighted by Crippen LogP contribution is -2.57. The predicted octanol–water partition coefficient (Wildman–Crippen LogP) is 6.63. The number of piperidine rings is 1. The van der Waals surface area contributed by atoms with Crippen molar-refractivity contribution in [1.29, 1.82) is 0 Å². The third kappa shape index (κ3) is 8.13. The van der Waals surface area contributed by atoms with Gasteiger partial charge in [-0.2, -0.15) is 0 Å². The second-order valence-corrected chi connectivity index (χ2v) is 12.7. The van der Waals surface area contributed by atoms with Crippen LogP contribution in [0.2, 0.25) is 0 Å². The van der Waals surface area contributed by atoms with E-state index in [0.29, 0.717) is 6.61 Å². The molecular weight excluding hydrogens is 418 g/mol. The van der Waals surface area contributed by atoms with E-state index in [9.17, 15) is 5.11 Å². The smallest absolute Gasteiger partial charge is 0.137 e. The predicted molar refractivity (Wildman–Crippen MR) is 143 cm³/mol. The first-order chi connectivity index (χ1) is 16.0. The van der Waals surface area contributed by atoms with E-state index in [4.69, 9.17) is 4.74 Å². The number of aliphatic hydroxyl groups excluding tert-OH is 1. The number of benzene rings is 2. The van der Waals surface area contributed by atoms with E-state index < -0.39 is 6.10 Å². The maximum Gasteiger partial charge on any atom is 0.137 e. The number of likely N-dealkylation sites (tertiary alicyclic amines) is 1. The van der Waals surface area contributed by atoms with Crippen LogP contribution in [0.1, 0.15) is 71.9 Å². The lowest BCUT2D eigenvalue weighted by atomic mass is 9.72. The molecule has 188 valence electrons. The summed E-state index contributed by atoms with van der Waals surface area (Å²) in [6, 6.07) is 19.3. The van der Waals surface area contributed by atoms with Crippen LogP contribution in [0.3, 0.4) is 0 Å². The third-order valence-electron chi connectivity index (χ3n) is 7.56. The molecule has 1 atom stereocenters. The average Bonchev–Trinajstić information content (AvgIpc) is 2.78. The highest BCUT2D eigenvalue weighted by atomic mass is 16.5. The van der Waals surface area contributed by atoms with Crippen molar-refractivity contribution in [3.8, 4) is 5.75 Å². The second kappa shape index (κ2) is 11.3. The molecule has 0 aliphatic carbocycles. The van der Waals surface area contributed by atoms with Crippen molar-refractivity contribution in [3.63, 3.8) is 0 Å². The number of ether oxygens (including phenoxy) is 1. The molecule has 3 nitrogen and oxygen atoms in total. The first kappa shape index (κ1) is 26.8. The topological polar surface area (TPSA) is 29.5 Å². The van der Waals surface area contributed by atoms with E-state index in [2.05, 4.69) is 96.1 Å². The van der Waals surface area contributed by atoms with Crippen molar-refractivity contribution in [2.75, 3.05) is 32.8 Å². The Morgan fingerprint density at radius 1 is 0.941 bits per heavy atom. The molecule has 1 aliphatic heterocycles. The zero-order chi connectivity index (χ0) is 24.8. The average molecular weight is 467 g/mol. The van der Waals surface area contributed by atoms with Crippen molar-refractivity contribution in [2.45, 2.75) is 78.7 Å². The summed E-state index contributed by atoms with van der Waals surface area (Å²) >= 11 is 0. The normalized spacial score (nSPS) is 22.4. The molecule has 1 fully saturated rings. The van der Waals surface area contributed by atoms with Crippen LogP contribution >= 0.6 is 0 Å². The largest absolute Gasteiger partial charge is 0.491 e. The molecule has 0 saturated carbocycles. The summed E-state index contributed by atoms with van der Waals surface area (Å²) in [6.45, 7) is 18.4. The lowest BCUT2D eigenvalue weighted by Gasteiger charge is -2.44. The summed E-state index contributed by atoms with van der Waals surface area (Å²) < 4.78 is 7.05. The van der Waals surface area contributed by atoms with Crippen LogP contribution in [-0.4, -0.2) is 48.5 Å². The van der Waals surface area contributed by atoms with E-state index in [1.807, 2.05) is 0 Å². The molecule has 3 rings (SSSR count). The van der Waals surface area contributed by atoms with Crippen LogP contribution in [0, 0.1) is 11.3 Å². The fourth-order valence-electron chi connectivity index (χ4n) is 5.88. The number of hydrogen-bond acceptors (Lipinski definition) is 2. The van der Waals surface area contributed by atoms with Gasteiger partial charge < -0.3 is 14.3 Å². The Bertz CT molecular complexity index is 859. The maximum atomic E-state index is 11.0. The van der Waals surface area contributed by atoms with Crippen LogP contribution in [0.5, 0.6) is 5.75 Å². The van der Waals surface area contributed by atoms with E-state index in [1.165, 1.54) is 24.0 Å². The fraction of sp³-hybridized carbons (Fsp3) is 0.613. The standard InChI is InChI=1S/C31H48NO2/c1-25-16-19-32(20-17-25,21-18-26-10-8-7-9-11-26)22-28(33)23-34-29-14-12-27(13-15-29)31(5,6)24-30(2,3)4/h7-15,25,28,33H,16-24H2,1-6H3/q+1/t25?,28-,32?/m0/s1. The zero-order valence-electron chi connectivity index (χ0n) is 22.5. The molecule has 1 aliphatic rings. The fourth-order valence-corrected chi connectivity index (χ4v) is 5.88. The summed E-state index contributed by atoms with van der Waals surface area (Å²) in [6.07, 6.45) is 4.22. The molecule has 34 heavy (non-hydrogen) atoms. The molecule has 2 aromatic carbocycles. The molecule has 0 amide bonds. The van der Waals surface area contributed by atoms with Crippen LogP contribution in [-0.2, 0) is 11.8 Å². The van der Waals surface area contributed by atoms with Gasteiger partial charge in [0.2, 0.25) is 0 Å². The molecular formula is C31H48NO2+. The minimum atomic E-state index is -0.457. The van der Waals surface area contributed by atoms with Gasteiger partial charge in [-0.25, -0.2) is 0 Å². The number of nitrogens with zero attached hydrogens (tertiary/aromatic N) is 1. The Morgan fingerprint density at radius 2 is 1.56 bits per heavy atom. The minimum Gasteiger partial charge on any atom is -0.491 e. The van der Waals surface area contributed by atoms with E-state index in [1.54, 1.807) is 0 Å². The number of quaternary nitrogens is 1. The van der Waals surface area contributed by atoms with Gasteiger partial charge in [-0.1, -0.05) is 84.0 Å². The first-order valence-corrected chi connectivity index (χ1v) is 13.3. The van der Waals surface area contributed by atoms with Gasteiger partial charge in [0.05, 0.1) is 19.6 Å². The molecule has 0 aromatic heterocycles. The van der Waals surface area contributed by atoms with Crippen molar-refractivity contribution >= 4 is 0 Å². The maximum absolute atomic E-state index is 11.0. The van der Waals surface area contributed by atoms with Crippen molar-refractivity contribution in [2.24, 2.45) is 11.3 Å². The molecule has 1 heterocycles. The summed E-state index contributed by atoms with van der Waals surface area (Å²) in [5.41, 5.74) is 3.13. The van der Waals surface area contributed by atoms with Gasteiger partial charge in [0, 0.05) is 6.42 Å². The van der Waals surface area contributed by atoms with E-state index >= 15 is 0 Å². The number of hydrogen-bond donors (Lipinski definition) is 1. The highest BCUT2D eigenvalue weighted by Gasteiger charge is 2.34. The molecule has 1 N–H and O–H groups in total. The first-order valence-electron chi connectivity index (χ1n) is 13.3. The minimum absolute atomic E-state index is 0.122. The second-order valence-electron chi connectivity index (χ2n) is 12.7. The molecule has 1 saturated heterocycles. The van der Waals surface area contributed by atoms with Gasteiger partial charge in [-0.05, 0) is 59.3 Å². The van der Waals surface area contributed by atoms with Gasteiger partial charge in [0.25, 0.3) is 0 Å². The van der Waals surface area contributed by atoms with Crippen LogP contribution in [0.15, 0.2) is 54.6 Å². The van der Waals surface area contributed by atoms with Gasteiger partial charge in [0.15, 0.2) is 0 Å². The zero-order valence-corrected chi connectivity index (χ0v) is 22.5. The summed E-state index contributed by atoms with van der Waals surface area (Å²) in [4.78, 5) is 0. The molecule has 0 unspecified atom stereocenters. The Morgan fingerprint density at radius 3 is 2.15 bits per heavy atom. The van der Waals surface area contributed by atoms with Crippen molar-refractivity contribution in [1.82, 2.24) is 0 Å². The Hall–Kier alpha value is -1.84. The Labute approximate surface area is 208 Å². The van der Waals surface area contributed by atoms with Crippen LogP contribution < -0.4 is 4.74 Å². The van der Waals surface area contributed by atoms with Gasteiger partial charge >= 0.3 is 0 Å². The molecule has 0 spiro atoms. The van der Waals surface area contributed by atoms with Crippen molar-refractivity contribution in [3.05, 3.63) is 65.7 Å². The summed E-state index contributed by atoms with van der Waals surface area (Å²) in [5.74, 6) is 1.63.